The third kappa shape index (κ3) is 13.5. The summed E-state index contributed by atoms with van der Waals surface area (Å²) in [5.74, 6) is 9.57. The predicted octanol–water partition coefficient (Wildman–Crippen LogP) is 1.57. The van der Waals surface area contributed by atoms with Gasteiger partial charge in [-0.1, -0.05) is 125 Å². The molecule has 20 heteroatoms. The molecule has 2 unspecified atom stereocenters. The highest BCUT2D eigenvalue weighted by molar-refractivity contribution is 8.00. The number of carbonyl (C=O) groups excluding carboxylic acids is 5. The number of benzene rings is 2. The fraction of sp³-hybridized carbons (Fsp3) is 0.521. The van der Waals surface area contributed by atoms with Gasteiger partial charge in [-0.2, -0.15) is 0 Å². The van der Waals surface area contributed by atoms with E-state index in [1.807, 2.05) is 65.0 Å². The molecular formula is C48H64N10O6S4. The Labute approximate surface area is 419 Å². The summed E-state index contributed by atoms with van der Waals surface area (Å²) in [5, 5.41) is 38.9. The Kier molecular flexibility index (Phi) is 19.7. The molecule has 5 amide bonds. The molecule has 0 spiro atoms. The van der Waals surface area contributed by atoms with Crippen LogP contribution in [0.2, 0.25) is 0 Å². The molecular weight excluding hydrogens is 941 g/mol. The quantitative estimate of drug-likeness (QED) is 0.0619. The predicted molar refractivity (Wildman–Crippen MR) is 277 cm³/mol. The Bertz CT molecular complexity index is 2290. The van der Waals surface area contributed by atoms with E-state index >= 15 is 0 Å². The molecule has 10 N–H and O–H groups in total. The van der Waals surface area contributed by atoms with Gasteiger partial charge >= 0.3 is 0 Å². The van der Waals surface area contributed by atoms with Crippen LogP contribution in [0.1, 0.15) is 71.0 Å². The number of fused-ring (bicyclic) bond motifs is 1. The van der Waals surface area contributed by atoms with E-state index in [0.717, 1.165) is 0 Å². The number of likely N-dealkylation sites (N-methyl/N-ethyl adjacent to an activating group) is 2. The molecule has 0 aliphatic carbocycles. The highest BCUT2D eigenvalue weighted by Gasteiger charge is 2.56. The van der Waals surface area contributed by atoms with Crippen LogP contribution in [0.5, 0.6) is 0 Å². The molecule has 68 heavy (non-hydrogen) atoms. The van der Waals surface area contributed by atoms with Gasteiger partial charge in [-0.25, -0.2) is 0 Å². The molecule has 8 atom stereocenters. The molecule has 3 aliphatic heterocycles. The lowest BCUT2D eigenvalue weighted by Crippen LogP contribution is -2.63. The first-order chi connectivity index (χ1) is 32.4. The zero-order valence-corrected chi connectivity index (χ0v) is 42.8. The monoisotopic (exact) mass is 1000 g/mol. The van der Waals surface area contributed by atoms with E-state index in [1.165, 1.54) is 23.9 Å². The SMILES string of the molecule is CNCC(=S)N[C@H]1CCSC(N[C@H](C(=O)NCC#CC#CCNC(=O)C(O)(NC(=O)[C@H]2N3C(=O)[C@@H](NC(=S)[C@H](C)NC)CCS[C@H]3CC2(C)C)c2ccccc2)c2ccccc2)(C(C)C)NC1=O. The fourth-order valence-electron chi connectivity index (χ4n) is 8.16. The van der Waals surface area contributed by atoms with Crippen LogP contribution in [0.25, 0.3) is 0 Å². The van der Waals surface area contributed by atoms with Crippen molar-refractivity contribution in [3.05, 3.63) is 71.8 Å². The van der Waals surface area contributed by atoms with Crippen LogP contribution in [0.15, 0.2) is 60.7 Å². The lowest BCUT2D eigenvalue weighted by atomic mass is 9.83. The van der Waals surface area contributed by atoms with Gasteiger partial charge < -0.3 is 52.5 Å². The van der Waals surface area contributed by atoms with Gasteiger partial charge in [0.15, 0.2) is 0 Å². The molecule has 3 saturated heterocycles. The van der Waals surface area contributed by atoms with Gasteiger partial charge in [0.25, 0.3) is 5.91 Å². The maximum Gasteiger partial charge on any atom is 0.278 e. The molecule has 0 radical (unpaired) electrons. The van der Waals surface area contributed by atoms with Gasteiger partial charge in [0.2, 0.25) is 29.4 Å². The van der Waals surface area contributed by atoms with E-state index in [9.17, 15) is 29.1 Å². The number of carbonyl (C=O) groups is 5. The Morgan fingerprint density at radius 2 is 1.54 bits per heavy atom. The normalized spacial score (nSPS) is 23.8. The van der Waals surface area contributed by atoms with Gasteiger partial charge in [-0.3, -0.25) is 29.3 Å². The minimum atomic E-state index is -2.53. The van der Waals surface area contributed by atoms with Crippen molar-refractivity contribution < 1.29 is 29.1 Å². The van der Waals surface area contributed by atoms with E-state index in [1.54, 1.807) is 49.0 Å². The van der Waals surface area contributed by atoms with E-state index in [0.29, 0.717) is 52.9 Å². The summed E-state index contributed by atoms with van der Waals surface area (Å²) in [6.45, 7) is 9.80. The van der Waals surface area contributed by atoms with Crippen LogP contribution in [0, 0.1) is 35.0 Å². The van der Waals surface area contributed by atoms with Crippen molar-refractivity contribution in [3.8, 4) is 23.7 Å². The maximum atomic E-state index is 14.4. The van der Waals surface area contributed by atoms with Gasteiger partial charge in [0.05, 0.1) is 34.5 Å². The number of rotatable bonds is 17. The summed E-state index contributed by atoms with van der Waals surface area (Å²) in [6.07, 6.45) is 1.57. The molecule has 2 aromatic rings. The average Bonchev–Trinajstić information content (AvgIpc) is 3.37. The third-order valence-electron chi connectivity index (χ3n) is 12.0. The summed E-state index contributed by atoms with van der Waals surface area (Å²) < 4.78 is 0. The molecule has 0 aromatic heterocycles. The van der Waals surface area contributed by atoms with Gasteiger partial charge in [0, 0.05) is 12.1 Å². The van der Waals surface area contributed by atoms with Crippen LogP contribution in [0.4, 0.5) is 0 Å². The van der Waals surface area contributed by atoms with Crippen molar-refractivity contribution in [3.63, 3.8) is 0 Å². The van der Waals surface area contributed by atoms with Crippen LogP contribution in [-0.2, 0) is 29.7 Å². The summed E-state index contributed by atoms with van der Waals surface area (Å²) in [4.78, 5) is 71.5. The first-order valence-electron chi connectivity index (χ1n) is 22.6. The van der Waals surface area contributed by atoms with Gasteiger partial charge in [-0.15, -0.1) is 23.5 Å². The number of hydrogen-bond donors (Lipinski definition) is 10. The largest absolute Gasteiger partial charge is 0.367 e. The number of amides is 5. The zero-order chi connectivity index (χ0) is 49.6. The van der Waals surface area contributed by atoms with Crippen molar-refractivity contribution >= 4 is 87.5 Å². The topological polar surface area (TPSA) is 217 Å². The first kappa shape index (κ1) is 54.2. The molecule has 3 aliphatic rings. The second kappa shape index (κ2) is 24.7. The summed E-state index contributed by atoms with van der Waals surface area (Å²) >= 11 is 14.1. The molecule has 366 valence electrons. The van der Waals surface area contributed by atoms with Crippen molar-refractivity contribution in [1.82, 2.24) is 52.8 Å². The highest BCUT2D eigenvalue weighted by Crippen LogP contribution is 2.46. The highest BCUT2D eigenvalue weighted by atomic mass is 32.2. The summed E-state index contributed by atoms with van der Waals surface area (Å²) in [5.41, 5.74) is -2.43. The number of nitrogens with zero attached hydrogens (tertiary/aromatic N) is 1. The molecule has 2 aromatic carbocycles. The van der Waals surface area contributed by atoms with Gasteiger partial charge in [0.1, 0.15) is 29.2 Å². The van der Waals surface area contributed by atoms with Crippen molar-refractivity contribution in [1.29, 1.82) is 0 Å². The van der Waals surface area contributed by atoms with Crippen molar-refractivity contribution in [2.45, 2.75) is 100 Å². The number of hydrogen-bond acceptors (Lipinski definition) is 13. The lowest BCUT2D eigenvalue weighted by Gasteiger charge is -2.40. The van der Waals surface area contributed by atoms with E-state index < -0.39 is 52.1 Å². The second-order valence-corrected chi connectivity index (χ2v) is 21.3. The Hall–Kier alpha value is -4.77. The van der Waals surface area contributed by atoms with Crippen LogP contribution < -0.4 is 47.9 Å². The minimum Gasteiger partial charge on any atom is -0.367 e. The van der Waals surface area contributed by atoms with Crippen LogP contribution in [-0.4, -0.2) is 129 Å². The van der Waals surface area contributed by atoms with Crippen LogP contribution in [0.3, 0.4) is 0 Å². The average molecular weight is 1010 g/mol. The molecule has 16 nitrogen and oxygen atoms in total. The van der Waals surface area contributed by atoms with E-state index in [4.69, 9.17) is 24.4 Å². The maximum absolute atomic E-state index is 14.4. The minimum absolute atomic E-state index is 0.0529. The molecule has 0 saturated carbocycles. The number of nitrogens with one attached hydrogen (secondary N) is 9. The number of aliphatic hydroxyl groups is 1. The fourth-order valence-corrected chi connectivity index (χ4v) is 11.7. The molecule has 5 rings (SSSR count). The number of thioether (sulfide) groups is 2. The van der Waals surface area contributed by atoms with Crippen molar-refractivity contribution in [2.75, 3.05) is 45.2 Å². The molecule has 0 bridgehead atoms. The van der Waals surface area contributed by atoms with Crippen LogP contribution >= 0.6 is 48.0 Å². The standard InChI is InChI=1S/C48H64N10O6S4/c1-30(2)48(57-40(59)34(23-27-68-48)53-36(65)29-49-6)55-38(32-18-12-10-13-19-32)41(60)51-24-16-8-9-17-25-52-45(63)47(64,33-20-14-11-15-21-33)56-42(61)39-46(4,5)28-37-58(39)44(62)35(22-26-67-37)54-43(66)31(3)50-7/h10-15,18-21,30-31,34-35,37-39,49-50,55,64H,22-29H2,1-7H3,(H,51,60)(H,52,63)(H,53,65)(H,54,66)(H,56,61)(H,57,59)/t31-,34-,35-,37-,38-,39+,47?,48?/m0/s1. The lowest BCUT2D eigenvalue weighted by molar-refractivity contribution is -0.155. The zero-order valence-electron chi connectivity index (χ0n) is 39.5. The summed E-state index contributed by atoms with van der Waals surface area (Å²) in [6, 6.07) is 14.0. The number of thiocarbonyl (C=S) groups is 2. The Morgan fingerprint density at radius 1 is 0.912 bits per heavy atom. The third-order valence-corrected chi connectivity index (χ3v) is 15.6. The van der Waals surface area contributed by atoms with E-state index in [2.05, 4.69) is 71.5 Å². The van der Waals surface area contributed by atoms with E-state index in [-0.39, 0.29) is 53.7 Å². The second-order valence-electron chi connectivity index (χ2n) is 17.8. The first-order valence-corrected chi connectivity index (χ1v) is 25.5. The summed E-state index contributed by atoms with van der Waals surface area (Å²) in [7, 11) is 3.56. The molecule has 3 heterocycles. The Morgan fingerprint density at radius 3 is 2.18 bits per heavy atom. The van der Waals surface area contributed by atoms with Crippen molar-refractivity contribution in [2.24, 2.45) is 11.3 Å². The smallest absolute Gasteiger partial charge is 0.278 e. The Balaban J connectivity index is 1.24. The molecule has 3 fully saturated rings. The van der Waals surface area contributed by atoms with Gasteiger partial charge in [-0.05, 0) is 80.5 Å².